The molecule has 4 nitrogen and oxygen atoms in total. The Morgan fingerprint density at radius 1 is 1.29 bits per heavy atom. The third-order valence-electron chi connectivity index (χ3n) is 3.21. The van der Waals surface area contributed by atoms with Gasteiger partial charge in [0.15, 0.2) is 0 Å². The summed E-state index contributed by atoms with van der Waals surface area (Å²) in [5.74, 6) is 0.152. The summed E-state index contributed by atoms with van der Waals surface area (Å²) in [5.41, 5.74) is 0. The standard InChI is InChI=1S/C13H21N3O/c17-13(12-6-2-1-3-7-14-12)15-8-11-16-9-4-5-10-16/h4-5,9-10,12,14H,1-3,6-8,11H2,(H,15,17). The van der Waals surface area contributed by atoms with E-state index in [9.17, 15) is 4.79 Å². The van der Waals surface area contributed by atoms with Gasteiger partial charge in [-0.15, -0.1) is 0 Å². The summed E-state index contributed by atoms with van der Waals surface area (Å²) in [6, 6.07) is 4.01. The monoisotopic (exact) mass is 235 g/mol. The largest absolute Gasteiger partial charge is 0.353 e. The molecule has 0 aromatic carbocycles. The molecule has 4 heteroatoms. The third-order valence-corrected chi connectivity index (χ3v) is 3.21. The molecule has 1 atom stereocenters. The minimum Gasteiger partial charge on any atom is -0.353 e. The zero-order chi connectivity index (χ0) is 11.9. The second kappa shape index (κ2) is 6.45. The Labute approximate surface area is 102 Å². The van der Waals surface area contributed by atoms with E-state index in [1.165, 1.54) is 12.8 Å². The van der Waals surface area contributed by atoms with Gasteiger partial charge in [0.2, 0.25) is 5.91 Å². The van der Waals surface area contributed by atoms with E-state index in [1.54, 1.807) is 0 Å². The normalized spacial score (nSPS) is 20.8. The van der Waals surface area contributed by atoms with Crippen LogP contribution in [0.25, 0.3) is 0 Å². The van der Waals surface area contributed by atoms with Gasteiger partial charge < -0.3 is 15.2 Å². The van der Waals surface area contributed by atoms with Gasteiger partial charge in [-0.25, -0.2) is 0 Å². The highest BCUT2D eigenvalue weighted by atomic mass is 16.2. The van der Waals surface area contributed by atoms with Crippen molar-refractivity contribution in [2.24, 2.45) is 0 Å². The minimum absolute atomic E-state index is 0.0159. The number of hydrogen-bond acceptors (Lipinski definition) is 2. The van der Waals surface area contributed by atoms with Crippen LogP contribution >= 0.6 is 0 Å². The fourth-order valence-corrected chi connectivity index (χ4v) is 2.20. The SMILES string of the molecule is O=C(NCCn1cccc1)C1CCCCCN1. The van der Waals surface area contributed by atoms with Gasteiger partial charge in [-0.05, 0) is 31.5 Å². The first-order valence-electron chi connectivity index (χ1n) is 6.48. The molecule has 17 heavy (non-hydrogen) atoms. The molecule has 0 bridgehead atoms. The van der Waals surface area contributed by atoms with E-state index >= 15 is 0 Å². The van der Waals surface area contributed by atoms with E-state index in [-0.39, 0.29) is 11.9 Å². The molecule has 1 saturated heterocycles. The zero-order valence-corrected chi connectivity index (χ0v) is 10.2. The Balaban J connectivity index is 1.69. The Bertz CT molecular complexity index is 326. The molecule has 1 aromatic rings. The van der Waals surface area contributed by atoms with Crippen LogP contribution in [-0.4, -0.2) is 29.6 Å². The third kappa shape index (κ3) is 3.89. The molecule has 1 aliphatic rings. The fraction of sp³-hybridized carbons (Fsp3) is 0.615. The molecule has 0 saturated carbocycles. The molecule has 0 radical (unpaired) electrons. The lowest BCUT2D eigenvalue weighted by molar-refractivity contribution is -0.123. The van der Waals surface area contributed by atoms with E-state index in [0.717, 1.165) is 25.9 Å². The Kier molecular flexibility index (Phi) is 4.62. The average Bonchev–Trinajstić information content (AvgIpc) is 2.69. The summed E-state index contributed by atoms with van der Waals surface area (Å²) in [6.45, 7) is 2.51. The van der Waals surface area contributed by atoms with Crippen LogP contribution < -0.4 is 10.6 Å². The van der Waals surface area contributed by atoms with Crippen molar-refractivity contribution in [3.63, 3.8) is 0 Å². The van der Waals surface area contributed by atoms with E-state index in [1.807, 2.05) is 24.5 Å². The molecular weight excluding hydrogens is 214 g/mol. The molecule has 1 amide bonds. The number of carbonyl (C=O) groups excluding carboxylic acids is 1. The first kappa shape index (κ1) is 12.2. The van der Waals surface area contributed by atoms with Crippen molar-refractivity contribution in [1.82, 2.24) is 15.2 Å². The van der Waals surface area contributed by atoms with Gasteiger partial charge >= 0.3 is 0 Å². The molecule has 94 valence electrons. The average molecular weight is 235 g/mol. The Morgan fingerprint density at radius 2 is 2.12 bits per heavy atom. The zero-order valence-electron chi connectivity index (χ0n) is 10.2. The van der Waals surface area contributed by atoms with E-state index < -0.39 is 0 Å². The highest BCUT2D eigenvalue weighted by Crippen LogP contribution is 2.08. The van der Waals surface area contributed by atoms with Gasteiger partial charge in [0.05, 0.1) is 6.04 Å². The van der Waals surface area contributed by atoms with Gasteiger partial charge in [0, 0.05) is 25.5 Å². The molecule has 1 unspecified atom stereocenters. The highest BCUT2D eigenvalue weighted by molar-refractivity contribution is 5.81. The van der Waals surface area contributed by atoms with Crippen LogP contribution in [0.5, 0.6) is 0 Å². The summed E-state index contributed by atoms with van der Waals surface area (Å²) in [7, 11) is 0. The van der Waals surface area contributed by atoms with Crippen LogP contribution in [0, 0.1) is 0 Å². The Morgan fingerprint density at radius 3 is 2.94 bits per heavy atom. The van der Waals surface area contributed by atoms with Crippen LogP contribution in [0.15, 0.2) is 24.5 Å². The van der Waals surface area contributed by atoms with Crippen LogP contribution in [0.3, 0.4) is 0 Å². The predicted octanol–water partition coefficient (Wildman–Crippen LogP) is 1.14. The van der Waals surface area contributed by atoms with Crippen LogP contribution in [0.4, 0.5) is 0 Å². The Hall–Kier alpha value is -1.29. The molecule has 2 rings (SSSR count). The molecule has 1 aromatic heterocycles. The van der Waals surface area contributed by atoms with Crippen molar-refractivity contribution >= 4 is 5.91 Å². The number of aromatic nitrogens is 1. The fourth-order valence-electron chi connectivity index (χ4n) is 2.20. The molecule has 1 fully saturated rings. The van der Waals surface area contributed by atoms with Crippen molar-refractivity contribution in [2.75, 3.05) is 13.1 Å². The van der Waals surface area contributed by atoms with Crippen molar-refractivity contribution in [1.29, 1.82) is 0 Å². The van der Waals surface area contributed by atoms with Crippen molar-refractivity contribution < 1.29 is 4.79 Å². The van der Waals surface area contributed by atoms with Crippen LogP contribution in [0.2, 0.25) is 0 Å². The molecule has 0 spiro atoms. The van der Waals surface area contributed by atoms with Gasteiger partial charge in [-0.3, -0.25) is 4.79 Å². The first-order valence-corrected chi connectivity index (χ1v) is 6.48. The minimum atomic E-state index is 0.0159. The van der Waals surface area contributed by atoms with E-state index in [2.05, 4.69) is 15.2 Å². The predicted molar refractivity (Wildman–Crippen MR) is 67.7 cm³/mol. The lowest BCUT2D eigenvalue weighted by Crippen LogP contribution is -2.44. The number of rotatable bonds is 4. The number of carbonyl (C=O) groups is 1. The second-order valence-electron chi connectivity index (χ2n) is 4.57. The van der Waals surface area contributed by atoms with E-state index in [0.29, 0.717) is 6.54 Å². The summed E-state index contributed by atoms with van der Waals surface area (Å²) >= 11 is 0. The topological polar surface area (TPSA) is 46.1 Å². The maximum atomic E-state index is 11.9. The maximum Gasteiger partial charge on any atom is 0.237 e. The first-order chi connectivity index (χ1) is 8.36. The molecule has 1 aliphatic heterocycles. The van der Waals surface area contributed by atoms with Crippen molar-refractivity contribution in [3.8, 4) is 0 Å². The van der Waals surface area contributed by atoms with Crippen molar-refractivity contribution in [3.05, 3.63) is 24.5 Å². The van der Waals surface area contributed by atoms with Gasteiger partial charge in [0.25, 0.3) is 0 Å². The van der Waals surface area contributed by atoms with Crippen LogP contribution in [0.1, 0.15) is 25.7 Å². The van der Waals surface area contributed by atoms with E-state index in [4.69, 9.17) is 0 Å². The van der Waals surface area contributed by atoms with Gasteiger partial charge in [-0.1, -0.05) is 12.8 Å². The van der Waals surface area contributed by atoms with Crippen LogP contribution in [-0.2, 0) is 11.3 Å². The number of amides is 1. The number of nitrogens with one attached hydrogen (secondary N) is 2. The second-order valence-corrected chi connectivity index (χ2v) is 4.57. The highest BCUT2D eigenvalue weighted by Gasteiger charge is 2.18. The smallest absolute Gasteiger partial charge is 0.237 e. The number of hydrogen-bond donors (Lipinski definition) is 2. The lowest BCUT2D eigenvalue weighted by Gasteiger charge is -2.15. The summed E-state index contributed by atoms with van der Waals surface area (Å²) < 4.78 is 2.07. The maximum absolute atomic E-state index is 11.9. The number of nitrogens with zero attached hydrogens (tertiary/aromatic N) is 1. The lowest BCUT2D eigenvalue weighted by atomic mass is 10.1. The molecule has 2 heterocycles. The van der Waals surface area contributed by atoms with Crippen molar-refractivity contribution in [2.45, 2.75) is 38.3 Å². The summed E-state index contributed by atoms with van der Waals surface area (Å²) in [6.07, 6.45) is 8.57. The molecule has 2 N–H and O–H groups in total. The molecule has 0 aliphatic carbocycles. The molecular formula is C13H21N3O. The summed E-state index contributed by atoms with van der Waals surface area (Å²) in [5, 5.41) is 6.30. The van der Waals surface area contributed by atoms with Gasteiger partial charge in [-0.2, -0.15) is 0 Å². The summed E-state index contributed by atoms with van der Waals surface area (Å²) in [4.78, 5) is 11.9. The quantitative estimate of drug-likeness (QED) is 0.822. The van der Waals surface area contributed by atoms with Gasteiger partial charge in [0.1, 0.15) is 0 Å².